The van der Waals surface area contributed by atoms with Crippen LogP contribution in [0.5, 0.6) is 23.0 Å². The molecule has 1 amide bonds. The third-order valence-electron chi connectivity index (χ3n) is 5.09. The van der Waals surface area contributed by atoms with Gasteiger partial charge < -0.3 is 28.3 Å². The highest BCUT2D eigenvalue weighted by atomic mass is 32.2. The van der Waals surface area contributed by atoms with Crippen LogP contribution in [0.15, 0.2) is 40.8 Å². The Morgan fingerprint density at radius 1 is 0.967 bits per heavy atom. The summed E-state index contributed by atoms with van der Waals surface area (Å²) < 4.78 is 27.7. The minimum atomic E-state index is -0.234. The largest absolute Gasteiger partial charge is 0.496 e. The van der Waals surface area contributed by atoms with Gasteiger partial charge >= 0.3 is 0 Å². The van der Waals surface area contributed by atoms with Crippen LogP contribution in [-0.4, -0.2) is 51.5 Å². The lowest BCUT2D eigenvalue weighted by Crippen LogP contribution is -2.30. The number of methoxy groups -OCH3 is 4. The van der Waals surface area contributed by atoms with Crippen LogP contribution in [0.2, 0.25) is 0 Å². The average molecular weight is 429 g/mol. The molecule has 1 saturated heterocycles. The Hall–Kier alpha value is -3.00. The van der Waals surface area contributed by atoms with E-state index >= 15 is 0 Å². The highest BCUT2D eigenvalue weighted by Gasteiger charge is 2.35. The Bertz CT molecular complexity index is 1080. The predicted molar refractivity (Wildman–Crippen MR) is 115 cm³/mol. The van der Waals surface area contributed by atoms with Gasteiger partial charge in [-0.3, -0.25) is 4.79 Å². The maximum atomic E-state index is 13.4. The fourth-order valence-corrected chi connectivity index (χ4v) is 4.90. The van der Waals surface area contributed by atoms with Crippen molar-refractivity contribution in [3.05, 3.63) is 47.7 Å². The van der Waals surface area contributed by atoms with E-state index in [1.54, 1.807) is 57.2 Å². The summed E-state index contributed by atoms with van der Waals surface area (Å²) in [6.45, 7) is 0.597. The van der Waals surface area contributed by atoms with E-state index < -0.39 is 0 Å². The first-order valence-corrected chi connectivity index (χ1v) is 10.4. The van der Waals surface area contributed by atoms with Crippen LogP contribution in [0.1, 0.15) is 21.5 Å². The first-order valence-electron chi connectivity index (χ1n) is 9.40. The van der Waals surface area contributed by atoms with Crippen molar-refractivity contribution >= 4 is 28.6 Å². The summed E-state index contributed by atoms with van der Waals surface area (Å²) in [7, 11) is 6.34. The summed E-state index contributed by atoms with van der Waals surface area (Å²) in [5.74, 6) is 3.29. The van der Waals surface area contributed by atoms with Gasteiger partial charge in [0.15, 0.2) is 28.6 Å². The molecule has 1 aromatic heterocycles. The van der Waals surface area contributed by atoms with Crippen LogP contribution in [0, 0.1) is 0 Å². The number of hydrogen-bond acceptors (Lipinski definition) is 7. The Morgan fingerprint density at radius 2 is 1.67 bits per heavy atom. The van der Waals surface area contributed by atoms with E-state index in [-0.39, 0.29) is 17.0 Å². The molecule has 1 aliphatic heterocycles. The molecule has 8 heteroatoms. The zero-order valence-electron chi connectivity index (χ0n) is 17.3. The van der Waals surface area contributed by atoms with Crippen molar-refractivity contribution in [3.8, 4) is 23.0 Å². The third kappa shape index (κ3) is 3.41. The molecule has 158 valence electrons. The molecule has 1 fully saturated rings. The second kappa shape index (κ2) is 8.39. The van der Waals surface area contributed by atoms with Gasteiger partial charge in [0, 0.05) is 29.3 Å². The Balaban J connectivity index is 1.71. The van der Waals surface area contributed by atoms with Crippen LogP contribution >= 0.6 is 11.8 Å². The fourth-order valence-electron chi connectivity index (χ4n) is 3.63. The van der Waals surface area contributed by atoms with Gasteiger partial charge in [0.05, 0.1) is 28.4 Å². The lowest BCUT2D eigenvalue weighted by atomic mass is 10.1. The predicted octanol–water partition coefficient (Wildman–Crippen LogP) is 4.36. The lowest BCUT2D eigenvalue weighted by Gasteiger charge is -2.25. The molecular formula is C22H23NO6S. The van der Waals surface area contributed by atoms with Gasteiger partial charge in [-0.05, 0) is 18.2 Å². The first-order chi connectivity index (χ1) is 14.6. The number of hydrogen-bond donors (Lipinski definition) is 0. The zero-order valence-corrected chi connectivity index (χ0v) is 18.1. The van der Waals surface area contributed by atoms with Crippen LogP contribution in [-0.2, 0) is 0 Å². The molecule has 2 heterocycles. The molecule has 0 N–H and O–H groups in total. The number of amides is 1. The fraction of sp³-hybridized carbons (Fsp3) is 0.318. The number of nitrogens with zero attached hydrogens (tertiary/aromatic N) is 1. The van der Waals surface area contributed by atoms with Crippen LogP contribution < -0.4 is 18.9 Å². The van der Waals surface area contributed by atoms with E-state index in [9.17, 15) is 4.79 Å². The molecule has 4 rings (SSSR count). The molecule has 1 atom stereocenters. The second-order valence-corrected chi connectivity index (χ2v) is 7.85. The molecule has 0 bridgehead atoms. The summed E-state index contributed by atoms with van der Waals surface area (Å²) in [4.78, 5) is 15.1. The van der Waals surface area contributed by atoms with Crippen LogP contribution in [0.3, 0.4) is 0 Å². The molecule has 30 heavy (non-hydrogen) atoms. The molecule has 0 aliphatic carbocycles. The maximum absolute atomic E-state index is 13.4. The minimum Gasteiger partial charge on any atom is -0.496 e. The molecule has 0 spiro atoms. The van der Waals surface area contributed by atoms with Crippen molar-refractivity contribution in [2.75, 3.05) is 40.7 Å². The molecule has 0 radical (unpaired) electrons. The van der Waals surface area contributed by atoms with Crippen molar-refractivity contribution in [1.82, 2.24) is 4.90 Å². The number of furan rings is 1. The SMILES string of the molecule is COc1cc(OC)c(C2SCCN2C(=O)c2cc3cccc(OC)c3o2)cc1OC. The van der Waals surface area contributed by atoms with E-state index in [1.165, 1.54) is 0 Å². The van der Waals surface area contributed by atoms with Gasteiger partial charge in [-0.25, -0.2) is 0 Å². The van der Waals surface area contributed by atoms with Crippen molar-refractivity contribution in [1.29, 1.82) is 0 Å². The van der Waals surface area contributed by atoms with Crippen molar-refractivity contribution in [3.63, 3.8) is 0 Å². The third-order valence-corrected chi connectivity index (χ3v) is 6.33. The van der Waals surface area contributed by atoms with Crippen LogP contribution in [0.25, 0.3) is 11.0 Å². The number of carbonyl (C=O) groups is 1. The number of ether oxygens (including phenoxy) is 4. The smallest absolute Gasteiger partial charge is 0.290 e. The lowest BCUT2D eigenvalue weighted by molar-refractivity contribution is 0.0729. The summed E-state index contributed by atoms with van der Waals surface area (Å²) in [6, 6.07) is 11.0. The van der Waals surface area contributed by atoms with Gasteiger partial charge in [0.2, 0.25) is 0 Å². The van der Waals surface area contributed by atoms with Gasteiger partial charge in [-0.2, -0.15) is 0 Å². The van der Waals surface area contributed by atoms with Crippen molar-refractivity contribution in [2.45, 2.75) is 5.37 Å². The molecule has 0 saturated carbocycles. The summed E-state index contributed by atoms with van der Waals surface area (Å²) in [5.41, 5.74) is 1.41. The molecule has 2 aromatic carbocycles. The van der Waals surface area contributed by atoms with Gasteiger partial charge in [-0.15, -0.1) is 11.8 Å². The Kier molecular flexibility index (Phi) is 5.67. The summed E-state index contributed by atoms with van der Waals surface area (Å²) in [5, 5.41) is 0.590. The van der Waals surface area contributed by atoms with Gasteiger partial charge in [0.1, 0.15) is 11.1 Å². The molecule has 1 aliphatic rings. The summed E-state index contributed by atoms with van der Waals surface area (Å²) in [6.07, 6.45) is 0. The van der Waals surface area contributed by atoms with E-state index in [2.05, 4.69) is 0 Å². The summed E-state index contributed by atoms with van der Waals surface area (Å²) >= 11 is 1.67. The number of thioether (sulfide) groups is 1. The number of fused-ring (bicyclic) bond motifs is 1. The first kappa shape index (κ1) is 20.3. The Labute approximate surface area is 178 Å². The van der Waals surface area contributed by atoms with Gasteiger partial charge in [0.25, 0.3) is 5.91 Å². The highest BCUT2D eigenvalue weighted by molar-refractivity contribution is 7.99. The maximum Gasteiger partial charge on any atom is 0.290 e. The quantitative estimate of drug-likeness (QED) is 0.577. The standard InChI is InChI=1S/C22H23NO6S/c1-25-15-7-5-6-13-10-19(29-20(13)15)21(24)23-8-9-30-22(23)14-11-17(27-3)18(28-4)12-16(14)26-2/h5-7,10-12,22H,8-9H2,1-4H3. The van der Waals surface area contributed by atoms with Crippen LogP contribution in [0.4, 0.5) is 0 Å². The molecule has 7 nitrogen and oxygen atoms in total. The van der Waals surface area contributed by atoms with Gasteiger partial charge in [-0.1, -0.05) is 12.1 Å². The topological polar surface area (TPSA) is 70.4 Å². The number of rotatable bonds is 6. The minimum absolute atomic E-state index is 0.180. The number of benzene rings is 2. The average Bonchev–Trinajstić information content (AvgIpc) is 3.44. The monoisotopic (exact) mass is 429 g/mol. The van der Waals surface area contributed by atoms with E-state index in [1.807, 2.05) is 24.3 Å². The van der Waals surface area contributed by atoms with Crippen molar-refractivity contribution < 1.29 is 28.2 Å². The normalized spacial score (nSPS) is 16.0. The molecular weight excluding hydrogens is 406 g/mol. The van der Waals surface area contributed by atoms with E-state index in [0.29, 0.717) is 35.1 Å². The van der Waals surface area contributed by atoms with E-state index in [0.717, 1.165) is 16.7 Å². The Morgan fingerprint density at radius 3 is 2.37 bits per heavy atom. The van der Waals surface area contributed by atoms with Crippen molar-refractivity contribution in [2.24, 2.45) is 0 Å². The number of carbonyl (C=O) groups excluding carboxylic acids is 1. The second-order valence-electron chi connectivity index (χ2n) is 6.66. The number of para-hydroxylation sites is 1. The van der Waals surface area contributed by atoms with E-state index in [4.69, 9.17) is 23.4 Å². The molecule has 3 aromatic rings. The zero-order chi connectivity index (χ0) is 21.3. The highest BCUT2D eigenvalue weighted by Crippen LogP contribution is 2.46. The molecule has 1 unspecified atom stereocenters.